The molecule has 94 valence electrons. The van der Waals surface area contributed by atoms with Crippen molar-refractivity contribution in [3.05, 3.63) is 64.6 Å². The van der Waals surface area contributed by atoms with Crippen molar-refractivity contribution >= 4 is 11.0 Å². The molecule has 1 aromatic carbocycles. The Hall–Kier alpha value is -2.56. The summed E-state index contributed by atoms with van der Waals surface area (Å²) < 4.78 is 26.7. The zero-order chi connectivity index (χ0) is 13.4. The highest BCUT2D eigenvalue weighted by Gasteiger charge is 2.10. The zero-order valence-electron chi connectivity index (χ0n) is 9.65. The summed E-state index contributed by atoms with van der Waals surface area (Å²) in [6.45, 7) is 0. The van der Waals surface area contributed by atoms with Gasteiger partial charge in [0.2, 0.25) is 5.56 Å². The van der Waals surface area contributed by atoms with Gasteiger partial charge in [0.15, 0.2) is 0 Å². The van der Waals surface area contributed by atoms with Crippen LogP contribution in [0.3, 0.4) is 0 Å². The van der Waals surface area contributed by atoms with Crippen LogP contribution in [0, 0.1) is 11.6 Å². The van der Waals surface area contributed by atoms with Gasteiger partial charge in [-0.1, -0.05) is 0 Å². The Morgan fingerprint density at radius 1 is 1.00 bits per heavy atom. The molecule has 0 bridgehead atoms. The summed E-state index contributed by atoms with van der Waals surface area (Å²) in [6.07, 6.45) is 1.47. The van der Waals surface area contributed by atoms with Crippen molar-refractivity contribution in [1.29, 1.82) is 0 Å². The summed E-state index contributed by atoms with van der Waals surface area (Å²) in [4.78, 5) is 17.8. The van der Waals surface area contributed by atoms with E-state index in [9.17, 15) is 13.6 Å². The van der Waals surface area contributed by atoms with Gasteiger partial charge in [-0.05, 0) is 29.8 Å². The molecule has 0 radical (unpaired) electrons. The number of aromatic amines is 1. The number of hydrogen-bond acceptors (Lipinski definition) is 2. The van der Waals surface area contributed by atoms with Crippen molar-refractivity contribution < 1.29 is 8.78 Å². The fourth-order valence-corrected chi connectivity index (χ4v) is 2.00. The molecule has 3 nitrogen and oxygen atoms in total. The molecule has 0 fully saturated rings. The molecule has 2 aromatic heterocycles. The lowest BCUT2D eigenvalue weighted by Gasteiger charge is -2.07. The van der Waals surface area contributed by atoms with E-state index in [0.29, 0.717) is 16.6 Å². The van der Waals surface area contributed by atoms with Crippen molar-refractivity contribution in [1.82, 2.24) is 9.97 Å². The van der Waals surface area contributed by atoms with Gasteiger partial charge in [-0.3, -0.25) is 4.79 Å². The van der Waals surface area contributed by atoms with Gasteiger partial charge in [0.05, 0.1) is 0 Å². The van der Waals surface area contributed by atoms with E-state index in [2.05, 4.69) is 9.97 Å². The fourth-order valence-electron chi connectivity index (χ4n) is 2.00. The molecule has 0 unspecified atom stereocenters. The highest BCUT2D eigenvalue weighted by Crippen LogP contribution is 2.28. The Balaban J connectivity index is 2.33. The summed E-state index contributed by atoms with van der Waals surface area (Å²) >= 11 is 0. The van der Waals surface area contributed by atoms with Gasteiger partial charge in [0, 0.05) is 29.3 Å². The number of aromatic nitrogens is 2. The van der Waals surface area contributed by atoms with E-state index in [-0.39, 0.29) is 11.1 Å². The number of pyridine rings is 2. The van der Waals surface area contributed by atoms with E-state index < -0.39 is 11.6 Å². The van der Waals surface area contributed by atoms with Crippen molar-refractivity contribution in [2.75, 3.05) is 0 Å². The molecule has 0 saturated heterocycles. The number of H-pyrrole nitrogens is 1. The second kappa shape index (κ2) is 4.28. The van der Waals surface area contributed by atoms with Crippen LogP contribution in [-0.4, -0.2) is 9.97 Å². The fraction of sp³-hybridized carbons (Fsp3) is 0. The maximum atomic E-state index is 13.8. The van der Waals surface area contributed by atoms with Crippen molar-refractivity contribution in [3.8, 4) is 11.1 Å². The predicted molar refractivity (Wildman–Crippen MR) is 67.7 cm³/mol. The standard InChI is InChI=1S/C14H8F2N2O/c15-8-1-2-10(12(16)7-8)9-5-6-17-14-11(9)3-4-13(19)18-14/h1-7H,(H,17,18,19). The molecular weight excluding hydrogens is 250 g/mol. The van der Waals surface area contributed by atoms with E-state index in [1.807, 2.05) is 0 Å². The molecule has 0 aliphatic rings. The van der Waals surface area contributed by atoms with Gasteiger partial charge in [-0.2, -0.15) is 0 Å². The molecule has 0 amide bonds. The number of nitrogens with zero attached hydrogens (tertiary/aromatic N) is 1. The largest absolute Gasteiger partial charge is 0.307 e. The molecule has 1 N–H and O–H groups in total. The van der Waals surface area contributed by atoms with Gasteiger partial charge in [-0.15, -0.1) is 0 Å². The Bertz CT molecular complexity index is 827. The first-order valence-electron chi connectivity index (χ1n) is 5.58. The molecule has 19 heavy (non-hydrogen) atoms. The third-order valence-electron chi connectivity index (χ3n) is 2.85. The first kappa shape index (κ1) is 11.5. The normalized spacial score (nSPS) is 10.8. The quantitative estimate of drug-likeness (QED) is 0.729. The maximum absolute atomic E-state index is 13.8. The van der Waals surface area contributed by atoms with Gasteiger partial charge >= 0.3 is 0 Å². The summed E-state index contributed by atoms with van der Waals surface area (Å²) in [5.41, 5.74) is 0.907. The predicted octanol–water partition coefficient (Wildman–Crippen LogP) is 2.87. The first-order chi connectivity index (χ1) is 9.15. The first-order valence-corrected chi connectivity index (χ1v) is 5.58. The molecule has 2 heterocycles. The molecule has 5 heteroatoms. The number of halogens is 2. The lowest BCUT2D eigenvalue weighted by Crippen LogP contribution is -2.04. The molecule has 0 atom stereocenters. The van der Waals surface area contributed by atoms with Crippen LogP contribution in [-0.2, 0) is 0 Å². The Labute approximate surface area is 106 Å². The van der Waals surface area contributed by atoms with Crippen LogP contribution in [0.15, 0.2) is 47.4 Å². The van der Waals surface area contributed by atoms with E-state index in [0.717, 1.165) is 6.07 Å². The smallest absolute Gasteiger partial charge is 0.249 e. The monoisotopic (exact) mass is 258 g/mol. The van der Waals surface area contributed by atoms with Crippen LogP contribution < -0.4 is 5.56 Å². The van der Waals surface area contributed by atoms with E-state index in [4.69, 9.17) is 0 Å². The van der Waals surface area contributed by atoms with Crippen LogP contribution in [0.4, 0.5) is 8.78 Å². The van der Waals surface area contributed by atoms with Crippen LogP contribution in [0.25, 0.3) is 22.2 Å². The van der Waals surface area contributed by atoms with Gasteiger partial charge in [0.25, 0.3) is 0 Å². The highest BCUT2D eigenvalue weighted by atomic mass is 19.1. The molecule has 0 aliphatic heterocycles. The minimum atomic E-state index is -0.654. The number of nitrogens with one attached hydrogen (secondary N) is 1. The average molecular weight is 258 g/mol. The summed E-state index contributed by atoms with van der Waals surface area (Å²) in [6, 6.07) is 7.92. The second-order valence-electron chi connectivity index (χ2n) is 4.07. The Morgan fingerprint density at radius 2 is 1.84 bits per heavy atom. The van der Waals surface area contributed by atoms with E-state index in [1.165, 1.54) is 24.4 Å². The maximum Gasteiger partial charge on any atom is 0.249 e. The highest BCUT2D eigenvalue weighted by molar-refractivity contribution is 5.92. The summed E-state index contributed by atoms with van der Waals surface area (Å²) in [5, 5.41) is 0.604. The van der Waals surface area contributed by atoms with Gasteiger partial charge < -0.3 is 4.98 Å². The van der Waals surface area contributed by atoms with Crippen molar-refractivity contribution in [2.24, 2.45) is 0 Å². The summed E-state index contributed by atoms with van der Waals surface area (Å²) in [5.74, 6) is -1.29. The van der Waals surface area contributed by atoms with Gasteiger partial charge in [-0.25, -0.2) is 13.8 Å². The lowest BCUT2D eigenvalue weighted by atomic mass is 10.0. The molecule has 0 spiro atoms. The molecule has 0 aliphatic carbocycles. The molecular formula is C14H8F2N2O. The number of benzene rings is 1. The van der Waals surface area contributed by atoms with Crippen LogP contribution >= 0.6 is 0 Å². The molecule has 0 saturated carbocycles. The minimum absolute atomic E-state index is 0.265. The SMILES string of the molecule is O=c1ccc2c(-c3ccc(F)cc3F)ccnc2[nH]1. The Morgan fingerprint density at radius 3 is 2.63 bits per heavy atom. The topological polar surface area (TPSA) is 45.8 Å². The third kappa shape index (κ3) is 1.99. The average Bonchev–Trinajstić information content (AvgIpc) is 2.38. The molecule has 3 aromatic rings. The molecule has 3 rings (SSSR count). The van der Waals surface area contributed by atoms with Gasteiger partial charge in [0.1, 0.15) is 17.3 Å². The summed E-state index contributed by atoms with van der Waals surface area (Å²) in [7, 11) is 0. The van der Waals surface area contributed by atoms with Crippen LogP contribution in [0.5, 0.6) is 0 Å². The van der Waals surface area contributed by atoms with Crippen LogP contribution in [0.1, 0.15) is 0 Å². The number of fused-ring (bicyclic) bond motifs is 1. The zero-order valence-corrected chi connectivity index (χ0v) is 9.65. The lowest BCUT2D eigenvalue weighted by molar-refractivity contribution is 0.585. The Kier molecular flexibility index (Phi) is 2.59. The third-order valence-corrected chi connectivity index (χ3v) is 2.85. The van der Waals surface area contributed by atoms with Crippen LogP contribution in [0.2, 0.25) is 0 Å². The van der Waals surface area contributed by atoms with Crippen molar-refractivity contribution in [3.63, 3.8) is 0 Å². The van der Waals surface area contributed by atoms with E-state index >= 15 is 0 Å². The van der Waals surface area contributed by atoms with Crippen molar-refractivity contribution in [2.45, 2.75) is 0 Å². The van der Waals surface area contributed by atoms with E-state index in [1.54, 1.807) is 12.1 Å². The number of hydrogen-bond donors (Lipinski definition) is 1. The number of rotatable bonds is 1. The second-order valence-corrected chi connectivity index (χ2v) is 4.07. The minimum Gasteiger partial charge on any atom is -0.307 e.